The summed E-state index contributed by atoms with van der Waals surface area (Å²) in [5.41, 5.74) is 0.529. The fourth-order valence-electron chi connectivity index (χ4n) is 2.01. The minimum absolute atomic E-state index is 0.0810. The number of nitrogens with zero attached hydrogens (tertiary/aromatic N) is 4. The van der Waals surface area contributed by atoms with Crippen LogP contribution in [0.1, 0.15) is 25.7 Å². The zero-order chi connectivity index (χ0) is 12.4. The third-order valence-corrected chi connectivity index (χ3v) is 3.20. The molecule has 0 atom stereocenters. The van der Waals surface area contributed by atoms with E-state index in [0.717, 1.165) is 25.4 Å². The molecule has 6 heteroatoms. The van der Waals surface area contributed by atoms with Crippen LogP contribution in [0.4, 0.5) is 0 Å². The lowest BCUT2D eigenvalue weighted by Crippen LogP contribution is -2.22. The van der Waals surface area contributed by atoms with Crippen molar-refractivity contribution in [3.63, 3.8) is 0 Å². The predicted octanol–water partition coefficient (Wildman–Crippen LogP) is 0.423. The van der Waals surface area contributed by atoms with E-state index in [1.807, 2.05) is 0 Å². The lowest BCUT2D eigenvalue weighted by atomic mass is 10.3. The lowest BCUT2D eigenvalue weighted by Gasteiger charge is -2.01. The topological polar surface area (TPSA) is 64.2 Å². The number of hydrogen-bond donors (Lipinski definition) is 1. The number of aromatic nitrogens is 4. The zero-order valence-electron chi connectivity index (χ0n) is 10.2. The highest BCUT2D eigenvalue weighted by atomic mass is 16.2. The molecule has 0 radical (unpaired) electrons. The Balaban J connectivity index is 1.56. The quantitative estimate of drug-likeness (QED) is 0.752. The van der Waals surface area contributed by atoms with Crippen molar-refractivity contribution in [1.82, 2.24) is 24.5 Å². The number of unbranched alkanes of at least 4 members (excludes halogenated alkanes) is 1. The molecule has 0 unspecified atom stereocenters. The Morgan fingerprint density at radius 2 is 2.28 bits per heavy atom. The molecule has 1 aliphatic rings. The first-order valence-electron chi connectivity index (χ1n) is 6.47. The average molecular weight is 247 g/mol. The van der Waals surface area contributed by atoms with Gasteiger partial charge in [-0.1, -0.05) is 0 Å². The second-order valence-corrected chi connectivity index (χ2v) is 4.75. The van der Waals surface area contributed by atoms with E-state index in [1.54, 1.807) is 18.6 Å². The largest absolute Gasteiger partial charge is 0.350 e. The van der Waals surface area contributed by atoms with Gasteiger partial charge in [-0.3, -0.25) is 4.98 Å². The minimum atomic E-state index is -0.0810. The van der Waals surface area contributed by atoms with Gasteiger partial charge in [-0.2, -0.15) is 0 Å². The average Bonchev–Trinajstić information content (AvgIpc) is 3.16. The summed E-state index contributed by atoms with van der Waals surface area (Å²) in [5, 5.41) is 7.70. The van der Waals surface area contributed by atoms with Crippen molar-refractivity contribution in [1.29, 1.82) is 0 Å². The van der Waals surface area contributed by atoms with Gasteiger partial charge >= 0.3 is 5.69 Å². The highest BCUT2D eigenvalue weighted by molar-refractivity contribution is 5.31. The van der Waals surface area contributed by atoms with Crippen molar-refractivity contribution in [3.8, 4) is 0 Å². The predicted molar refractivity (Wildman–Crippen MR) is 67.5 cm³/mol. The Hall–Kier alpha value is -1.69. The van der Waals surface area contributed by atoms with Crippen molar-refractivity contribution >= 4 is 5.65 Å². The molecule has 1 fully saturated rings. The molecule has 3 rings (SSSR count). The van der Waals surface area contributed by atoms with Gasteiger partial charge in [0.1, 0.15) is 0 Å². The first-order valence-corrected chi connectivity index (χ1v) is 6.47. The molecule has 18 heavy (non-hydrogen) atoms. The number of hydrogen-bond acceptors (Lipinski definition) is 4. The molecular formula is C12H17N5O. The maximum Gasteiger partial charge on any atom is 0.350 e. The molecule has 0 spiro atoms. The van der Waals surface area contributed by atoms with Crippen LogP contribution in [0, 0.1) is 0 Å². The van der Waals surface area contributed by atoms with Crippen LogP contribution in [0.15, 0.2) is 23.4 Å². The Bertz CT molecular complexity index is 583. The molecule has 1 saturated carbocycles. The van der Waals surface area contributed by atoms with E-state index in [0.29, 0.717) is 12.2 Å². The van der Waals surface area contributed by atoms with Gasteiger partial charge < -0.3 is 5.32 Å². The number of rotatable bonds is 6. The van der Waals surface area contributed by atoms with E-state index < -0.39 is 0 Å². The molecule has 2 aromatic rings. The van der Waals surface area contributed by atoms with Gasteiger partial charge in [-0.15, -0.1) is 5.10 Å². The normalized spacial score (nSPS) is 15.3. The minimum Gasteiger partial charge on any atom is -0.314 e. The summed E-state index contributed by atoms with van der Waals surface area (Å²) in [6.45, 7) is 1.71. The van der Waals surface area contributed by atoms with Gasteiger partial charge in [0.2, 0.25) is 0 Å². The maximum absolute atomic E-state index is 11.9. The molecule has 0 aliphatic heterocycles. The van der Waals surface area contributed by atoms with Crippen molar-refractivity contribution in [2.24, 2.45) is 0 Å². The molecule has 0 bridgehead atoms. The summed E-state index contributed by atoms with van der Waals surface area (Å²) in [5.74, 6) is 0. The van der Waals surface area contributed by atoms with Crippen LogP contribution in [-0.2, 0) is 6.54 Å². The van der Waals surface area contributed by atoms with E-state index in [9.17, 15) is 4.79 Å². The summed E-state index contributed by atoms with van der Waals surface area (Å²) in [7, 11) is 0. The van der Waals surface area contributed by atoms with Crippen molar-refractivity contribution < 1.29 is 0 Å². The smallest absolute Gasteiger partial charge is 0.314 e. The number of nitrogens with one attached hydrogen (secondary N) is 1. The Labute approximate surface area is 105 Å². The van der Waals surface area contributed by atoms with Crippen LogP contribution < -0.4 is 11.0 Å². The SMILES string of the molecule is O=c1n(CCCCNC2CC2)nc2cnccn12. The van der Waals surface area contributed by atoms with E-state index in [1.165, 1.54) is 21.9 Å². The van der Waals surface area contributed by atoms with Crippen LogP contribution in [-0.4, -0.2) is 31.8 Å². The maximum atomic E-state index is 11.9. The summed E-state index contributed by atoms with van der Waals surface area (Å²) >= 11 is 0. The molecule has 0 saturated heterocycles. The summed E-state index contributed by atoms with van der Waals surface area (Å²) in [6, 6.07) is 0.758. The summed E-state index contributed by atoms with van der Waals surface area (Å²) in [6.07, 6.45) is 9.53. The van der Waals surface area contributed by atoms with Gasteiger partial charge in [-0.25, -0.2) is 13.9 Å². The van der Waals surface area contributed by atoms with Gasteiger partial charge in [0, 0.05) is 25.0 Å². The Morgan fingerprint density at radius 3 is 3.06 bits per heavy atom. The van der Waals surface area contributed by atoms with Crippen molar-refractivity contribution in [3.05, 3.63) is 29.1 Å². The van der Waals surface area contributed by atoms with Crippen LogP contribution in [0.2, 0.25) is 0 Å². The van der Waals surface area contributed by atoms with Gasteiger partial charge in [0.05, 0.1) is 6.20 Å². The van der Waals surface area contributed by atoms with Crippen molar-refractivity contribution in [2.45, 2.75) is 38.3 Å². The second kappa shape index (κ2) is 4.89. The molecule has 0 aromatic carbocycles. The molecule has 6 nitrogen and oxygen atoms in total. The molecule has 1 aliphatic carbocycles. The van der Waals surface area contributed by atoms with E-state index in [4.69, 9.17) is 0 Å². The summed E-state index contributed by atoms with van der Waals surface area (Å²) < 4.78 is 3.05. The van der Waals surface area contributed by atoms with Crippen molar-refractivity contribution in [2.75, 3.05) is 6.54 Å². The third-order valence-electron chi connectivity index (χ3n) is 3.20. The lowest BCUT2D eigenvalue weighted by molar-refractivity contribution is 0.523. The Morgan fingerprint density at radius 1 is 1.39 bits per heavy atom. The van der Waals surface area contributed by atoms with Crippen LogP contribution in [0.25, 0.3) is 5.65 Å². The summed E-state index contributed by atoms with van der Waals surface area (Å²) in [4.78, 5) is 15.9. The molecule has 0 amide bonds. The molecule has 2 heterocycles. The first-order chi connectivity index (χ1) is 8.84. The zero-order valence-corrected chi connectivity index (χ0v) is 10.2. The van der Waals surface area contributed by atoms with Crippen LogP contribution in [0.3, 0.4) is 0 Å². The monoisotopic (exact) mass is 247 g/mol. The van der Waals surface area contributed by atoms with E-state index in [2.05, 4.69) is 15.4 Å². The highest BCUT2D eigenvalue weighted by Crippen LogP contribution is 2.18. The fourth-order valence-corrected chi connectivity index (χ4v) is 2.01. The fraction of sp³-hybridized carbons (Fsp3) is 0.583. The molecule has 2 aromatic heterocycles. The first kappa shape index (κ1) is 11.4. The van der Waals surface area contributed by atoms with Gasteiger partial charge in [-0.05, 0) is 32.2 Å². The third kappa shape index (κ3) is 2.43. The van der Waals surface area contributed by atoms with E-state index >= 15 is 0 Å². The molecule has 1 N–H and O–H groups in total. The van der Waals surface area contributed by atoms with Crippen LogP contribution >= 0.6 is 0 Å². The molecular weight excluding hydrogens is 230 g/mol. The van der Waals surface area contributed by atoms with Gasteiger partial charge in [0.25, 0.3) is 0 Å². The molecule has 96 valence electrons. The number of fused-ring (bicyclic) bond motifs is 1. The van der Waals surface area contributed by atoms with E-state index in [-0.39, 0.29) is 5.69 Å². The highest BCUT2D eigenvalue weighted by Gasteiger charge is 2.19. The number of aryl methyl sites for hydroxylation is 1. The Kier molecular flexibility index (Phi) is 3.10. The van der Waals surface area contributed by atoms with Gasteiger partial charge in [0.15, 0.2) is 5.65 Å². The standard InChI is InChI=1S/C12H17N5O/c18-12-16-8-6-13-9-11(16)15-17(12)7-2-1-5-14-10-3-4-10/h6,8-10,14H,1-5,7H2. The second-order valence-electron chi connectivity index (χ2n) is 4.75. The van der Waals surface area contributed by atoms with Crippen LogP contribution in [0.5, 0.6) is 0 Å².